The Labute approximate surface area is 194 Å². The normalized spacial score (nSPS) is 41.2. The molecule has 4 aliphatic carbocycles. The summed E-state index contributed by atoms with van der Waals surface area (Å²) in [6.45, 7) is 5.31. The zero-order valence-corrected chi connectivity index (χ0v) is 20.5. The molecule has 0 saturated heterocycles. The van der Waals surface area contributed by atoms with Crippen LogP contribution in [0, 0.1) is 34.5 Å². The van der Waals surface area contributed by atoms with Crippen LogP contribution >= 0.6 is 0 Å². The third-order valence-electron chi connectivity index (χ3n) is 10.9. The number of allylic oxidation sites excluding steroid dienone is 2. The summed E-state index contributed by atoms with van der Waals surface area (Å²) in [5.74, 6) is 3.64. The number of aromatic nitrogens is 1. The Balaban J connectivity index is 1.28. The van der Waals surface area contributed by atoms with Crippen LogP contribution in [0.5, 0.6) is 0 Å². The Bertz CT molecular complexity index is 1050. The number of fused-ring (bicyclic) bond motifs is 6. The molecule has 1 aromatic heterocycles. The van der Waals surface area contributed by atoms with Crippen molar-refractivity contribution in [1.82, 2.24) is 9.88 Å². The predicted octanol–water partition coefficient (Wildman–Crippen LogP) is 7.20. The van der Waals surface area contributed by atoms with Gasteiger partial charge < -0.3 is 4.90 Å². The molecule has 4 aliphatic rings. The van der Waals surface area contributed by atoms with Gasteiger partial charge in [0.2, 0.25) is 0 Å². The fourth-order valence-electron chi connectivity index (χ4n) is 8.96. The first-order chi connectivity index (χ1) is 15.4. The van der Waals surface area contributed by atoms with Gasteiger partial charge in [-0.2, -0.15) is 0 Å². The maximum Gasteiger partial charge on any atom is 0.0702 e. The van der Waals surface area contributed by atoms with Gasteiger partial charge in [0.1, 0.15) is 0 Å². The first-order valence-corrected chi connectivity index (χ1v) is 13.1. The molecule has 0 amide bonds. The van der Waals surface area contributed by atoms with Crippen LogP contribution in [-0.2, 0) is 0 Å². The molecule has 6 rings (SSSR count). The molecule has 0 radical (unpaired) electrons. The van der Waals surface area contributed by atoms with Gasteiger partial charge in [-0.15, -0.1) is 0 Å². The Kier molecular flexibility index (Phi) is 4.85. The van der Waals surface area contributed by atoms with Crippen LogP contribution in [0.1, 0.15) is 70.8 Å². The van der Waals surface area contributed by atoms with Gasteiger partial charge in [0.25, 0.3) is 0 Å². The standard InChI is InChI=1S/C30H40N2/c1-29-15-13-23(32(3)4)19-22(29)8-9-24-26-11-10-25(30(26,2)16-14-27(24)29)20-7-12-28-21(18-20)6-5-17-31-28/h5-7,10,12,17-18,22-24,26-27H,8-9,11,13-16,19H2,1-4H3/t22-,23-,24-,26-,27-,29-,30+/m0/s1. The molecule has 32 heavy (non-hydrogen) atoms. The number of benzene rings is 1. The summed E-state index contributed by atoms with van der Waals surface area (Å²) in [5.41, 5.74) is 5.12. The van der Waals surface area contributed by atoms with Gasteiger partial charge in [-0.05, 0) is 129 Å². The van der Waals surface area contributed by atoms with E-state index in [0.29, 0.717) is 10.8 Å². The van der Waals surface area contributed by atoms with Crippen molar-refractivity contribution in [3.05, 3.63) is 48.2 Å². The molecule has 0 spiro atoms. The van der Waals surface area contributed by atoms with E-state index in [9.17, 15) is 0 Å². The van der Waals surface area contributed by atoms with Gasteiger partial charge in [-0.25, -0.2) is 0 Å². The summed E-state index contributed by atoms with van der Waals surface area (Å²) < 4.78 is 0. The first kappa shape index (κ1) is 20.9. The van der Waals surface area contributed by atoms with Crippen LogP contribution < -0.4 is 0 Å². The Hall–Kier alpha value is -1.67. The summed E-state index contributed by atoms with van der Waals surface area (Å²) in [6, 6.07) is 12.0. The van der Waals surface area contributed by atoms with Gasteiger partial charge in [0.15, 0.2) is 0 Å². The van der Waals surface area contributed by atoms with E-state index in [1.165, 1.54) is 62.3 Å². The van der Waals surface area contributed by atoms with Crippen molar-refractivity contribution >= 4 is 16.5 Å². The van der Waals surface area contributed by atoms with Crippen molar-refractivity contribution in [1.29, 1.82) is 0 Å². The largest absolute Gasteiger partial charge is 0.306 e. The molecule has 3 saturated carbocycles. The number of pyridine rings is 1. The van der Waals surface area contributed by atoms with Crippen molar-refractivity contribution in [3.8, 4) is 0 Å². The van der Waals surface area contributed by atoms with E-state index in [1.54, 1.807) is 5.57 Å². The summed E-state index contributed by atoms with van der Waals surface area (Å²) in [5, 5.41) is 1.28. The van der Waals surface area contributed by atoms with Crippen LogP contribution in [0.25, 0.3) is 16.5 Å². The quantitative estimate of drug-likeness (QED) is 0.503. The van der Waals surface area contributed by atoms with Crippen LogP contribution in [0.2, 0.25) is 0 Å². The molecule has 0 bridgehead atoms. The molecule has 1 heterocycles. The second-order valence-electron chi connectivity index (χ2n) is 12.3. The van der Waals surface area contributed by atoms with E-state index in [4.69, 9.17) is 0 Å². The number of hydrogen-bond donors (Lipinski definition) is 0. The molecule has 0 aliphatic heterocycles. The number of hydrogen-bond acceptors (Lipinski definition) is 2. The highest BCUT2D eigenvalue weighted by Crippen LogP contribution is 2.67. The van der Waals surface area contributed by atoms with Gasteiger partial charge in [0.05, 0.1) is 5.52 Å². The molecule has 7 atom stereocenters. The van der Waals surface area contributed by atoms with Crippen molar-refractivity contribution in [2.45, 2.75) is 71.3 Å². The van der Waals surface area contributed by atoms with E-state index in [1.807, 2.05) is 6.20 Å². The Morgan fingerprint density at radius 3 is 2.69 bits per heavy atom. The summed E-state index contributed by atoms with van der Waals surface area (Å²) in [6.07, 6.45) is 15.8. The zero-order chi connectivity index (χ0) is 22.1. The molecule has 2 aromatic rings. The van der Waals surface area contributed by atoms with Crippen molar-refractivity contribution in [2.24, 2.45) is 34.5 Å². The van der Waals surface area contributed by atoms with Crippen LogP contribution in [0.4, 0.5) is 0 Å². The zero-order valence-electron chi connectivity index (χ0n) is 20.5. The molecule has 2 heteroatoms. The molecule has 3 fully saturated rings. The topological polar surface area (TPSA) is 16.1 Å². The minimum atomic E-state index is 0.348. The molecular formula is C30H40N2. The lowest BCUT2D eigenvalue weighted by Gasteiger charge is -2.61. The summed E-state index contributed by atoms with van der Waals surface area (Å²) in [7, 11) is 4.58. The van der Waals surface area contributed by atoms with E-state index in [0.717, 1.165) is 35.2 Å². The second-order valence-corrected chi connectivity index (χ2v) is 12.3. The number of rotatable bonds is 2. The summed E-state index contributed by atoms with van der Waals surface area (Å²) >= 11 is 0. The fourth-order valence-corrected chi connectivity index (χ4v) is 8.96. The minimum Gasteiger partial charge on any atom is -0.306 e. The second kappa shape index (κ2) is 7.42. The average molecular weight is 429 g/mol. The predicted molar refractivity (Wildman–Crippen MR) is 134 cm³/mol. The summed E-state index contributed by atoms with van der Waals surface area (Å²) in [4.78, 5) is 7.04. The third kappa shape index (κ3) is 2.98. The van der Waals surface area contributed by atoms with Gasteiger partial charge >= 0.3 is 0 Å². The Morgan fingerprint density at radius 2 is 1.84 bits per heavy atom. The SMILES string of the molecule is CN(C)[C@H]1CC[C@@]2(C)[C@@H](CC[C@@H]3[C@@H]2CC[C@]2(C)C(c4ccc5ncccc5c4)=CC[C@@H]32)C1. The van der Waals surface area contributed by atoms with E-state index >= 15 is 0 Å². The first-order valence-electron chi connectivity index (χ1n) is 13.1. The van der Waals surface area contributed by atoms with E-state index in [-0.39, 0.29) is 0 Å². The third-order valence-corrected chi connectivity index (χ3v) is 10.9. The van der Waals surface area contributed by atoms with Crippen LogP contribution in [-0.4, -0.2) is 30.0 Å². The van der Waals surface area contributed by atoms with Gasteiger partial charge in [0, 0.05) is 17.6 Å². The highest BCUT2D eigenvalue weighted by molar-refractivity contribution is 5.85. The molecule has 1 aromatic carbocycles. The molecule has 0 unspecified atom stereocenters. The Morgan fingerprint density at radius 1 is 0.969 bits per heavy atom. The number of nitrogens with zero attached hydrogens (tertiary/aromatic N) is 2. The monoisotopic (exact) mass is 428 g/mol. The van der Waals surface area contributed by atoms with Crippen molar-refractivity contribution < 1.29 is 0 Å². The molecular weight excluding hydrogens is 388 g/mol. The van der Waals surface area contributed by atoms with Crippen molar-refractivity contribution in [3.63, 3.8) is 0 Å². The lowest BCUT2D eigenvalue weighted by Crippen LogP contribution is -2.54. The highest BCUT2D eigenvalue weighted by Gasteiger charge is 2.58. The molecule has 2 nitrogen and oxygen atoms in total. The molecule has 170 valence electrons. The fraction of sp³-hybridized carbons (Fsp3) is 0.633. The van der Waals surface area contributed by atoms with E-state index < -0.39 is 0 Å². The average Bonchev–Trinajstić information content (AvgIpc) is 3.15. The lowest BCUT2D eigenvalue weighted by atomic mass is 9.44. The van der Waals surface area contributed by atoms with Crippen LogP contribution in [0.3, 0.4) is 0 Å². The smallest absolute Gasteiger partial charge is 0.0702 e. The lowest BCUT2D eigenvalue weighted by molar-refractivity contribution is -0.106. The van der Waals surface area contributed by atoms with Crippen LogP contribution in [0.15, 0.2) is 42.6 Å². The maximum atomic E-state index is 4.54. The highest BCUT2D eigenvalue weighted by atomic mass is 15.1. The van der Waals surface area contributed by atoms with Gasteiger partial charge in [-0.3, -0.25) is 4.98 Å². The minimum absolute atomic E-state index is 0.348. The van der Waals surface area contributed by atoms with Crippen molar-refractivity contribution in [2.75, 3.05) is 14.1 Å². The van der Waals surface area contributed by atoms with E-state index in [2.05, 4.69) is 74.2 Å². The molecule has 0 N–H and O–H groups in total. The van der Waals surface area contributed by atoms with Gasteiger partial charge in [-0.1, -0.05) is 32.1 Å². The maximum absolute atomic E-state index is 4.54.